The number of aryl methyl sites for hydroxylation is 1. The Balaban J connectivity index is 2.15. The van der Waals surface area contributed by atoms with E-state index in [4.69, 9.17) is 4.74 Å². The van der Waals surface area contributed by atoms with Crippen LogP contribution in [0.5, 0.6) is 5.75 Å². The molecule has 1 aromatic carbocycles. The molecule has 1 heterocycles. The number of aromatic nitrogens is 1. The van der Waals surface area contributed by atoms with Gasteiger partial charge in [0.1, 0.15) is 11.3 Å². The van der Waals surface area contributed by atoms with E-state index in [-0.39, 0.29) is 11.1 Å². The Labute approximate surface area is 155 Å². The highest BCUT2D eigenvalue weighted by Gasteiger charge is 2.11. The number of benzene rings is 1. The fraction of sp³-hybridized carbons (Fsp3) is 0.188. The Hall–Kier alpha value is -1.93. The Morgan fingerprint density at radius 1 is 1.38 bits per heavy atom. The van der Waals surface area contributed by atoms with Crippen LogP contribution in [0.1, 0.15) is 22.8 Å². The van der Waals surface area contributed by atoms with E-state index in [0.29, 0.717) is 12.3 Å². The molecule has 0 radical (unpaired) electrons. The van der Waals surface area contributed by atoms with Gasteiger partial charge in [-0.05, 0) is 68.6 Å². The van der Waals surface area contributed by atoms with Crippen molar-refractivity contribution < 1.29 is 9.53 Å². The summed E-state index contributed by atoms with van der Waals surface area (Å²) in [5.41, 5.74) is 2.81. The number of rotatable bonds is 5. The van der Waals surface area contributed by atoms with E-state index >= 15 is 0 Å². The predicted octanol–water partition coefficient (Wildman–Crippen LogP) is 3.17. The van der Waals surface area contributed by atoms with Crippen LogP contribution in [0.4, 0.5) is 0 Å². The van der Waals surface area contributed by atoms with Gasteiger partial charge in [-0.25, -0.2) is 5.43 Å². The third-order valence-corrected chi connectivity index (χ3v) is 4.39. The number of halogens is 2. The fourth-order valence-electron chi connectivity index (χ4n) is 2.03. The van der Waals surface area contributed by atoms with E-state index in [1.807, 2.05) is 6.92 Å². The fourth-order valence-corrected chi connectivity index (χ4v) is 3.58. The van der Waals surface area contributed by atoms with Crippen molar-refractivity contribution in [1.82, 2.24) is 9.99 Å². The predicted molar refractivity (Wildman–Crippen MR) is 99.8 cm³/mol. The monoisotopic (exact) mass is 455 g/mol. The summed E-state index contributed by atoms with van der Waals surface area (Å²) in [6.07, 6.45) is 3.11. The molecule has 0 aliphatic rings. The number of nitrogens with one attached hydrogen (secondary N) is 1. The van der Waals surface area contributed by atoms with Crippen LogP contribution in [-0.2, 0) is 6.54 Å². The zero-order valence-corrected chi connectivity index (χ0v) is 16.2. The third kappa shape index (κ3) is 4.12. The molecule has 0 bridgehead atoms. The van der Waals surface area contributed by atoms with Gasteiger partial charge in [-0.1, -0.05) is 0 Å². The standard InChI is InChI=1S/C16H15Br2N3O3/c1-3-21-6-4-5-11(16(21)23)15(22)20-19-9-10-7-12(17)14(24-2)13(18)8-10/h4-9H,3H2,1-2H3,(H,20,22)/b19-9-. The summed E-state index contributed by atoms with van der Waals surface area (Å²) in [6, 6.07) is 6.72. The van der Waals surface area contributed by atoms with Gasteiger partial charge >= 0.3 is 0 Å². The molecule has 0 saturated carbocycles. The largest absolute Gasteiger partial charge is 0.494 e. The molecule has 8 heteroatoms. The van der Waals surface area contributed by atoms with Crippen LogP contribution >= 0.6 is 31.9 Å². The van der Waals surface area contributed by atoms with Gasteiger partial charge in [0.2, 0.25) is 0 Å². The number of nitrogens with zero attached hydrogens (tertiary/aromatic N) is 2. The van der Waals surface area contributed by atoms with Crippen LogP contribution in [0.15, 0.2) is 49.3 Å². The first kappa shape index (κ1) is 18.4. The van der Waals surface area contributed by atoms with Gasteiger partial charge in [0.25, 0.3) is 11.5 Å². The number of hydrazone groups is 1. The number of pyridine rings is 1. The summed E-state index contributed by atoms with van der Waals surface area (Å²) in [4.78, 5) is 24.1. The molecule has 0 aliphatic heterocycles. The highest BCUT2D eigenvalue weighted by Crippen LogP contribution is 2.33. The maximum atomic E-state index is 12.1. The average Bonchev–Trinajstić information content (AvgIpc) is 2.54. The normalized spacial score (nSPS) is 10.8. The summed E-state index contributed by atoms with van der Waals surface area (Å²) < 4.78 is 8.18. The molecule has 2 rings (SSSR count). The van der Waals surface area contributed by atoms with E-state index in [2.05, 4.69) is 42.4 Å². The van der Waals surface area contributed by atoms with Crippen molar-refractivity contribution in [1.29, 1.82) is 0 Å². The molecule has 0 unspecified atom stereocenters. The van der Waals surface area contributed by atoms with Crippen LogP contribution < -0.4 is 15.7 Å². The second-order valence-electron chi connectivity index (χ2n) is 4.73. The first-order valence-corrected chi connectivity index (χ1v) is 8.62. The second kappa shape index (κ2) is 8.25. The van der Waals surface area contributed by atoms with Gasteiger partial charge in [0.05, 0.1) is 22.3 Å². The molecule has 0 atom stereocenters. The van der Waals surface area contributed by atoms with Crippen LogP contribution in [0.3, 0.4) is 0 Å². The van der Waals surface area contributed by atoms with Crippen LogP contribution in [0.25, 0.3) is 0 Å². The Morgan fingerprint density at radius 3 is 2.62 bits per heavy atom. The topological polar surface area (TPSA) is 72.7 Å². The first-order chi connectivity index (χ1) is 11.5. The molecule has 1 amide bonds. The van der Waals surface area contributed by atoms with E-state index in [9.17, 15) is 9.59 Å². The van der Waals surface area contributed by atoms with Crippen LogP contribution in [-0.4, -0.2) is 23.8 Å². The van der Waals surface area contributed by atoms with E-state index in [0.717, 1.165) is 14.5 Å². The van der Waals surface area contributed by atoms with Crippen LogP contribution in [0.2, 0.25) is 0 Å². The Morgan fingerprint density at radius 2 is 2.04 bits per heavy atom. The summed E-state index contributed by atoms with van der Waals surface area (Å²) in [5, 5.41) is 3.90. The number of carbonyl (C=O) groups excluding carboxylic acids is 1. The SMILES string of the molecule is CCn1cccc(C(=O)N/N=C\c2cc(Br)c(OC)c(Br)c2)c1=O. The van der Waals surface area contributed by atoms with Crippen molar-refractivity contribution in [3.05, 3.63) is 60.9 Å². The van der Waals surface area contributed by atoms with Crippen LogP contribution in [0, 0.1) is 0 Å². The van der Waals surface area contributed by atoms with Gasteiger partial charge in [-0.15, -0.1) is 0 Å². The molecule has 1 aromatic heterocycles. The zero-order chi connectivity index (χ0) is 17.7. The summed E-state index contributed by atoms with van der Waals surface area (Å²) in [7, 11) is 1.57. The third-order valence-electron chi connectivity index (χ3n) is 3.21. The van der Waals surface area contributed by atoms with Crippen molar-refractivity contribution in [2.45, 2.75) is 13.5 Å². The van der Waals surface area contributed by atoms with Gasteiger partial charge in [-0.3, -0.25) is 9.59 Å². The lowest BCUT2D eigenvalue weighted by Gasteiger charge is -2.07. The van der Waals surface area contributed by atoms with Gasteiger partial charge in [0.15, 0.2) is 0 Å². The lowest BCUT2D eigenvalue weighted by Crippen LogP contribution is -2.30. The second-order valence-corrected chi connectivity index (χ2v) is 6.44. The van der Waals surface area contributed by atoms with Crippen molar-refractivity contribution in [3.63, 3.8) is 0 Å². The minimum atomic E-state index is -0.550. The minimum absolute atomic E-state index is 0.0496. The number of hydrogen-bond acceptors (Lipinski definition) is 4. The maximum Gasteiger partial charge on any atom is 0.276 e. The number of ether oxygens (including phenoxy) is 1. The van der Waals surface area contributed by atoms with Gasteiger partial charge < -0.3 is 9.30 Å². The highest BCUT2D eigenvalue weighted by atomic mass is 79.9. The number of amides is 1. The van der Waals surface area contributed by atoms with Crippen molar-refractivity contribution >= 4 is 44.0 Å². The Kier molecular flexibility index (Phi) is 6.33. The van der Waals surface area contributed by atoms with Gasteiger partial charge in [0, 0.05) is 12.7 Å². The quantitative estimate of drug-likeness (QED) is 0.554. The van der Waals surface area contributed by atoms with E-state index in [1.54, 1.807) is 31.5 Å². The van der Waals surface area contributed by atoms with Crippen molar-refractivity contribution in [3.8, 4) is 5.75 Å². The molecular formula is C16H15Br2N3O3. The zero-order valence-electron chi connectivity index (χ0n) is 13.0. The van der Waals surface area contributed by atoms with E-state index in [1.165, 1.54) is 16.8 Å². The Bertz CT molecular complexity index is 824. The molecule has 6 nitrogen and oxygen atoms in total. The lowest BCUT2D eigenvalue weighted by atomic mass is 10.2. The molecule has 126 valence electrons. The minimum Gasteiger partial charge on any atom is -0.494 e. The smallest absolute Gasteiger partial charge is 0.276 e. The molecule has 24 heavy (non-hydrogen) atoms. The lowest BCUT2D eigenvalue weighted by molar-refractivity contribution is 0.0953. The number of carbonyl (C=O) groups is 1. The summed E-state index contributed by atoms with van der Waals surface area (Å²) in [5.74, 6) is 0.117. The summed E-state index contributed by atoms with van der Waals surface area (Å²) >= 11 is 6.79. The molecule has 1 N–H and O–H groups in total. The first-order valence-electron chi connectivity index (χ1n) is 7.03. The molecule has 0 saturated heterocycles. The molecular weight excluding hydrogens is 442 g/mol. The molecule has 0 fully saturated rings. The van der Waals surface area contributed by atoms with Crippen molar-refractivity contribution in [2.24, 2.45) is 5.10 Å². The molecule has 0 aliphatic carbocycles. The van der Waals surface area contributed by atoms with Gasteiger partial charge in [-0.2, -0.15) is 5.10 Å². The number of methoxy groups -OCH3 is 1. The number of hydrogen-bond donors (Lipinski definition) is 1. The molecule has 2 aromatic rings. The maximum absolute atomic E-state index is 12.1. The van der Waals surface area contributed by atoms with Crippen molar-refractivity contribution in [2.75, 3.05) is 7.11 Å². The highest BCUT2D eigenvalue weighted by molar-refractivity contribution is 9.11. The summed E-state index contributed by atoms with van der Waals surface area (Å²) in [6.45, 7) is 2.33. The average molecular weight is 457 g/mol. The van der Waals surface area contributed by atoms with E-state index < -0.39 is 5.91 Å². The molecule has 0 spiro atoms.